The highest BCUT2D eigenvalue weighted by Gasteiger charge is 2.35. The molecule has 0 aliphatic rings. The first-order valence-electron chi connectivity index (χ1n) is 3.79. The first-order chi connectivity index (χ1) is 4.80. The zero-order chi connectivity index (χ0) is 9.23. The molecule has 0 aliphatic carbocycles. The zero-order valence-corrected chi connectivity index (χ0v) is 7.59. The van der Waals surface area contributed by atoms with Gasteiger partial charge in [-0.3, -0.25) is 4.79 Å². The van der Waals surface area contributed by atoms with Gasteiger partial charge in [0.15, 0.2) is 0 Å². The quantitative estimate of drug-likeness (QED) is 0.647. The summed E-state index contributed by atoms with van der Waals surface area (Å²) in [6, 6.07) is -0.292. The van der Waals surface area contributed by atoms with Gasteiger partial charge in [0.2, 0.25) is 0 Å². The maximum atomic E-state index is 10.7. The third-order valence-electron chi connectivity index (χ3n) is 2.10. The Kier molecular flexibility index (Phi) is 3.05. The predicted molar refractivity (Wildman–Crippen MR) is 44.2 cm³/mol. The summed E-state index contributed by atoms with van der Waals surface area (Å²) in [4.78, 5) is 10.7. The average Bonchev–Trinajstić information content (AvgIpc) is 1.85. The number of aliphatic carboxylic acids is 1. The van der Waals surface area contributed by atoms with E-state index in [2.05, 4.69) is 0 Å². The molecule has 0 aromatic rings. The SMILES string of the molecule is CC(C)[C@@H](N)C(C)(C)C(=O)O. The summed E-state index contributed by atoms with van der Waals surface area (Å²) in [5.74, 6) is -0.639. The van der Waals surface area contributed by atoms with Crippen LogP contribution in [0.15, 0.2) is 0 Å². The Labute approximate surface area is 67.6 Å². The Hall–Kier alpha value is -0.570. The maximum absolute atomic E-state index is 10.7. The standard InChI is InChI=1S/C8H17NO2/c1-5(2)6(9)8(3,4)7(10)11/h5-6H,9H2,1-4H3,(H,10,11)/t6-/m1/s1. The second-order valence-corrected chi connectivity index (χ2v) is 3.80. The van der Waals surface area contributed by atoms with Crippen LogP contribution in [-0.4, -0.2) is 17.1 Å². The minimum atomic E-state index is -0.835. The lowest BCUT2D eigenvalue weighted by Crippen LogP contribution is -2.46. The molecule has 0 bridgehead atoms. The van der Waals surface area contributed by atoms with Gasteiger partial charge in [-0.1, -0.05) is 13.8 Å². The fourth-order valence-corrected chi connectivity index (χ4v) is 0.976. The maximum Gasteiger partial charge on any atom is 0.310 e. The number of carboxylic acid groups (broad SMARTS) is 1. The molecule has 0 aliphatic heterocycles. The summed E-state index contributed by atoms with van der Waals surface area (Å²) in [6.07, 6.45) is 0. The molecule has 0 fully saturated rings. The van der Waals surface area contributed by atoms with Crippen molar-refractivity contribution in [2.24, 2.45) is 17.1 Å². The van der Waals surface area contributed by atoms with Crippen LogP contribution in [0.3, 0.4) is 0 Å². The van der Waals surface area contributed by atoms with Crippen molar-refractivity contribution in [3.63, 3.8) is 0 Å². The molecule has 0 aromatic carbocycles. The Morgan fingerprint density at radius 1 is 1.45 bits per heavy atom. The lowest BCUT2D eigenvalue weighted by Gasteiger charge is -2.29. The first kappa shape index (κ1) is 10.4. The Morgan fingerprint density at radius 2 is 1.82 bits per heavy atom. The van der Waals surface area contributed by atoms with Crippen molar-refractivity contribution in [2.45, 2.75) is 33.7 Å². The van der Waals surface area contributed by atoms with Crippen LogP contribution in [0, 0.1) is 11.3 Å². The van der Waals surface area contributed by atoms with E-state index in [0.29, 0.717) is 0 Å². The van der Waals surface area contributed by atoms with Gasteiger partial charge in [0.25, 0.3) is 0 Å². The van der Waals surface area contributed by atoms with Gasteiger partial charge >= 0.3 is 5.97 Å². The molecule has 0 saturated carbocycles. The van der Waals surface area contributed by atoms with Crippen molar-refractivity contribution in [3.05, 3.63) is 0 Å². The van der Waals surface area contributed by atoms with E-state index in [9.17, 15) is 4.79 Å². The molecular formula is C8H17NO2. The van der Waals surface area contributed by atoms with E-state index in [1.54, 1.807) is 13.8 Å². The Balaban J connectivity index is 4.42. The molecule has 0 radical (unpaired) electrons. The zero-order valence-electron chi connectivity index (χ0n) is 7.59. The molecule has 1 atom stereocenters. The van der Waals surface area contributed by atoms with Crippen LogP contribution in [-0.2, 0) is 4.79 Å². The van der Waals surface area contributed by atoms with E-state index in [1.807, 2.05) is 13.8 Å². The van der Waals surface area contributed by atoms with Gasteiger partial charge < -0.3 is 10.8 Å². The molecule has 0 spiro atoms. The van der Waals surface area contributed by atoms with E-state index in [0.717, 1.165) is 0 Å². The summed E-state index contributed by atoms with van der Waals surface area (Å²) >= 11 is 0. The molecule has 0 heterocycles. The number of nitrogens with two attached hydrogens (primary N) is 1. The molecule has 0 amide bonds. The number of rotatable bonds is 3. The number of carbonyl (C=O) groups is 1. The molecule has 11 heavy (non-hydrogen) atoms. The summed E-state index contributed by atoms with van der Waals surface area (Å²) in [6.45, 7) is 7.16. The highest BCUT2D eigenvalue weighted by molar-refractivity contribution is 5.74. The fourth-order valence-electron chi connectivity index (χ4n) is 0.976. The molecule has 3 N–H and O–H groups in total. The lowest BCUT2D eigenvalue weighted by molar-refractivity contribution is -0.148. The van der Waals surface area contributed by atoms with Crippen LogP contribution in [0.25, 0.3) is 0 Å². The summed E-state index contributed by atoms with van der Waals surface area (Å²) in [5, 5.41) is 8.78. The molecule has 0 rings (SSSR count). The van der Waals surface area contributed by atoms with Gasteiger partial charge in [0.05, 0.1) is 5.41 Å². The van der Waals surface area contributed by atoms with Gasteiger partial charge in [-0.2, -0.15) is 0 Å². The van der Waals surface area contributed by atoms with E-state index in [1.165, 1.54) is 0 Å². The fraction of sp³-hybridized carbons (Fsp3) is 0.875. The first-order valence-corrected chi connectivity index (χ1v) is 3.79. The van der Waals surface area contributed by atoms with Crippen LogP contribution in [0.5, 0.6) is 0 Å². The number of hydrogen-bond acceptors (Lipinski definition) is 2. The van der Waals surface area contributed by atoms with Crippen molar-refractivity contribution in [1.82, 2.24) is 0 Å². The van der Waals surface area contributed by atoms with E-state index in [-0.39, 0.29) is 12.0 Å². The van der Waals surface area contributed by atoms with Crippen molar-refractivity contribution in [2.75, 3.05) is 0 Å². The van der Waals surface area contributed by atoms with Crippen molar-refractivity contribution in [1.29, 1.82) is 0 Å². The molecule has 0 unspecified atom stereocenters. The average molecular weight is 159 g/mol. The van der Waals surface area contributed by atoms with Gasteiger partial charge in [-0.25, -0.2) is 0 Å². The van der Waals surface area contributed by atoms with Gasteiger partial charge in [0.1, 0.15) is 0 Å². The Bertz CT molecular complexity index is 152. The smallest absolute Gasteiger partial charge is 0.310 e. The van der Waals surface area contributed by atoms with Gasteiger partial charge in [-0.05, 0) is 19.8 Å². The second kappa shape index (κ2) is 3.22. The summed E-state index contributed by atoms with van der Waals surface area (Å²) < 4.78 is 0. The third-order valence-corrected chi connectivity index (χ3v) is 2.10. The van der Waals surface area contributed by atoms with Crippen molar-refractivity contribution >= 4 is 5.97 Å². The van der Waals surface area contributed by atoms with Crippen molar-refractivity contribution < 1.29 is 9.90 Å². The van der Waals surface area contributed by atoms with E-state index < -0.39 is 11.4 Å². The summed E-state index contributed by atoms with van der Waals surface area (Å²) in [5.41, 5.74) is 4.89. The topological polar surface area (TPSA) is 63.3 Å². The third kappa shape index (κ3) is 2.19. The van der Waals surface area contributed by atoms with Crippen LogP contribution in [0.2, 0.25) is 0 Å². The normalized spacial score (nSPS) is 15.1. The number of carboxylic acids is 1. The van der Waals surface area contributed by atoms with Crippen LogP contribution < -0.4 is 5.73 Å². The minimum Gasteiger partial charge on any atom is -0.481 e. The molecule has 0 aromatic heterocycles. The predicted octanol–water partition coefficient (Wildman–Crippen LogP) is 1.08. The largest absolute Gasteiger partial charge is 0.481 e. The second-order valence-electron chi connectivity index (χ2n) is 3.80. The molecule has 3 nitrogen and oxygen atoms in total. The van der Waals surface area contributed by atoms with Crippen molar-refractivity contribution in [3.8, 4) is 0 Å². The highest BCUT2D eigenvalue weighted by Crippen LogP contribution is 2.24. The van der Waals surface area contributed by atoms with Gasteiger partial charge in [-0.15, -0.1) is 0 Å². The van der Waals surface area contributed by atoms with Crippen LogP contribution >= 0.6 is 0 Å². The highest BCUT2D eigenvalue weighted by atomic mass is 16.4. The van der Waals surface area contributed by atoms with Gasteiger partial charge in [0, 0.05) is 6.04 Å². The van der Waals surface area contributed by atoms with Crippen LogP contribution in [0.4, 0.5) is 0 Å². The lowest BCUT2D eigenvalue weighted by atomic mass is 9.79. The molecule has 0 saturated heterocycles. The van der Waals surface area contributed by atoms with E-state index in [4.69, 9.17) is 10.8 Å². The monoisotopic (exact) mass is 159 g/mol. The summed E-state index contributed by atoms with van der Waals surface area (Å²) in [7, 11) is 0. The molecular weight excluding hydrogens is 142 g/mol. The van der Waals surface area contributed by atoms with Crippen LogP contribution in [0.1, 0.15) is 27.7 Å². The molecule has 66 valence electrons. The van der Waals surface area contributed by atoms with E-state index >= 15 is 0 Å². The molecule has 3 heteroatoms. The minimum absolute atomic E-state index is 0.195. The Morgan fingerprint density at radius 3 is 1.91 bits per heavy atom. The number of hydrogen-bond donors (Lipinski definition) is 2.